The molecule has 5 heteroatoms. The molecular formula is C16H22N2O2S. The SMILES string of the molecule is CCS[C@H]1CCC[C@@H](NC(=O)c2ccc(C(N)=O)cc2)C1. The van der Waals surface area contributed by atoms with Crippen LogP contribution in [0.15, 0.2) is 24.3 Å². The first-order chi connectivity index (χ1) is 10.1. The smallest absolute Gasteiger partial charge is 0.251 e. The van der Waals surface area contributed by atoms with E-state index in [1.807, 2.05) is 11.8 Å². The van der Waals surface area contributed by atoms with E-state index in [9.17, 15) is 9.59 Å². The number of nitrogens with two attached hydrogens (primary N) is 1. The van der Waals surface area contributed by atoms with Gasteiger partial charge in [0.2, 0.25) is 5.91 Å². The molecule has 0 bridgehead atoms. The molecule has 3 N–H and O–H groups in total. The Morgan fingerprint density at radius 1 is 1.24 bits per heavy atom. The third kappa shape index (κ3) is 4.49. The largest absolute Gasteiger partial charge is 0.366 e. The van der Waals surface area contributed by atoms with E-state index in [0.29, 0.717) is 16.4 Å². The van der Waals surface area contributed by atoms with Crippen LogP contribution in [-0.4, -0.2) is 28.9 Å². The minimum Gasteiger partial charge on any atom is -0.366 e. The highest BCUT2D eigenvalue weighted by Gasteiger charge is 2.23. The van der Waals surface area contributed by atoms with Gasteiger partial charge >= 0.3 is 0 Å². The van der Waals surface area contributed by atoms with Crippen molar-refractivity contribution in [1.82, 2.24) is 5.32 Å². The lowest BCUT2D eigenvalue weighted by Gasteiger charge is -2.29. The van der Waals surface area contributed by atoms with Crippen molar-refractivity contribution in [3.63, 3.8) is 0 Å². The van der Waals surface area contributed by atoms with E-state index in [2.05, 4.69) is 12.2 Å². The maximum atomic E-state index is 12.2. The molecule has 1 aromatic carbocycles. The summed E-state index contributed by atoms with van der Waals surface area (Å²) in [4.78, 5) is 23.2. The van der Waals surface area contributed by atoms with Crippen LogP contribution < -0.4 is 11.1 Å². The monoisotopic (exact) mass is 306 g/mol. The van der Waals surface area contributed by atoms with Crippen molar-refractivity contribution in [3.8, 4) is 0 Å². The van der Waals surface area contributed by atoms with Crippen LogP contribution >= 0.6 is 11.8 Å². The Labute approximate surface area is 129 Å². The van der Waals surface area contributed by atoms with Crippen LogP contribution in [0.25, 0.3) is 0 Å². The van der Waals surface area contributed by atoms with Crippen molar-refractivity contribution < 1.29 is 9.59 Å². The third-order valence-electron chi connectivity index (χ3n) is 3.80. The summed E-state index contributed by atoms with van der Waals surface area (Å²) in [5.41, 5.74) is 6.19. The summed E-state index contributed by atoms with van der Waals surface area (Å²) in [5, 5.41) is 3.76. The Hall–Kier alpha value is -1.49. The summed E-state index contributed by atoms with van der Waals surface area (Å²) in [6.45, 7) is 2.17. The van der Waals surface area contributed by atoms with Gasteiger partial charge in [-0.1, -0.05) is 13.3 Å². The number of benzene rings is 1. The lowest BCUT2D eigenvalue weighted by molar-refractivity contribution is 0.0926. The van der Waals surface area contributed by atoms with E-state index in [1.165, 1.54) is 12.8 Å². The molecule has 114 valence electrons. The van der Waals surface area contributed by atoms with Gasteiger partial charge in [-0.15, -0.1) is 0 Å². The van der Waals surface area contributed by atoms with Gasteiger partial charge in [0, 0.05) is 22.4 Å². The molecule has 1 fully saturated rings. The number of hydrogen-bond acceptors (Lipinski definition) is 3. The molecule has 0 saturated heterocycles. The zero-order valence-electron chi connectivity index (χ0n) is 12.3. The van der Waals surface area contributed by atoms with Gasteiger partial charge in [0.15, 0.2) is 0 Å². The van der Waals surface area contributed by atoms with Gasteiger partial charge in [-0.2, -0.15) is 11.8 Å². The molecular weight excluding hydrogens is 284 g/mol. The van der Waals surface area contributed by atoms with Crippen LogP contribution in [-0.2, 0) is 0 Å². The number of thioether (sulfide) groups is 1. The van der Waals surface area contributed by atoms with Crippen molar-refractivity contribution in [2.45, 2.75) is 43.9 Å². The number of hydrogen-bond donors (Lipinski definition) is 2. The van der Waals surface area contributed by atoms with Crippen molar-refractivity contribution in [2.75, 3.05) is 5.75 Å². The molecule has 0 aliphatic heterocycles. The zero-order valence-corrected chi connectivity index (χ0v) is 13.1. The quantitative estimate of drug-likeness (QED) is 0.878. The van der Waals surface area contributed by atoms with E-state index in [-0.39, 0.29) is 11.9 Å². The number of nitrogens with one attached hydrogen (secondary N) is 1. The molecule has 0 spiro atoms. The van der Waals surface area contributed by atoms with Crippen LogP contribution in [0.5, 0.6) is 0 Å². The first-order valence-corrected chi connectivity index (χ1v) is 8.47. The van der Waals surface area contributed by atoms with E-state index >= 15 is 0 Å². The van der Waals surface area contributed by atoms with Gasteiger partial charge in [-0.25, -0.2) is 0 Å². The Kier molecular flexibility index (Phi) is 5.67. The lowest BCUT2D eigenvalue weighted by Crippen LogP contribution is -2.39. The second kappa shape index (κ2) is 7.50. The van der Waals surface area contributed by atoms with Crippen molar-refractivity contribution in [1.29, 1.82) is 0 Å². The molecule has 1 aliphatic carbocycles. The maximum absolute atomic E-state index is 12.2. The summed E-state index contributed by atoms with van der Waals surface area (Å²) in [6, 6.07) is 6.74. The minimum absolute atomic E-state index is 0.0711. The normalized spacial score (nSPS) is 21.8. The van der Waals surface area contributed by atoms with Crippen LogP contribution in [0, 0.1) is 0 Å². The fourth-order valence-corrected chi connectivity index (χ4v) is 3.89. The third-order valence-corrected chi connectivity index (χ3v) is 5.03. The second-order valence-electron chi connectivity index (χ2n) is 5.36. The summed E-state index contributed by atoms with van der Waals surface area (Å²) in [6.07, 6.45) is 4.51. The highest BCUT2D eigenvalue weighted by Crippen LogP contribution is 2.28. The van der Waals surface area contributed by atoms with Crippen molar-refractivity contribution >= 4 is 23.6 Å². The summed E-state index contributed by atoms with van der Waals surface area (Å²) in [7, 11) is 0. The predicted octanol–water partition coefficient (Wildman–Crippen LogP) is 2.58. The number of carbonyl (C=O) groups excluding carboxylic acids is 2. The Morgan fingerprint density at radius 3 is 2.52 bits per heavy atom. The van der Waals surface area contributed by atoms with Crippen LogP contribution in [0.3, 0.4) is 0 Å². The molecule has 0 heterocycles. The average Bonchev–Trinajstić information content (AvgIpc) is 2.48. The van der Waals surface area contributed by atoms with Crippen LogP contribution in [0.1, 0.15) is 53.3 Å². The Bertz CT molecular complexity index is 500. The topological polar surface area (TPSA) is 72.2 Å². The number of rotatable bonds is 5. The number of amides is 2. The van der Waals surface area contributed by atoms with Crippen molar-refractivity contribution in [2.24, 2.45) is 5.73 Å². The molecule has 1 aromatic rings. The zero-order chi connectivity index (χ0) is 15.2. The Morgan fingerprint density at radius 2 is 1.90 bits per heavy atom. The summed E-state index contributed by atoms with van der Waals surface area (Å²) >= 11 is 1.98. The Balaban J connectivity index is 1.92. The van der Waals surface area contributed by atoms with Gasteiger partial charge in [-0.05, 0) is 49.3 Å². The van der Waals surface area contributed by atoms with E-state index < -0.39 is 5.91 Å². The number of carbonyl (C=O) groups is 2. The molecule has 1 aliphatic rings. The molecule has 0 aromatic heterocycles. The average molecular weight is 306 g/mol. The van der Waals surface area contributed by atoms with Crippen molar-refractivity contribution in [3.05, 3.63) is 35.4 Å². The van der Waals surface area contributed by atoms with Gasteiger partial charge < -0.3 is 11.1 Å². The molecule has 2 atom stereocenters. The molecule has 21 heavy (non-hydrogen) atoms. The lowest BCUT2D eigenvalue weighted by atomic mass is 9.94. The van der Waals surface area contributed by atoms with E-state index in [1.54, 1.807) is 24.3 Å². The minimum atomic E-state index is -0.478. The second-order valence-corrected chi connectivity index (χ2v) is 6.93. The maximum Gasteiger partial charge on any atom is 0.251 e. The van der Waals surface area contributed by atoms with Gasteiger partial charge in [0.05, 0.1) is 0 Å². The molecule has 1 saturated carbocycles. The van der Waals surface area contributed by atoms with Gasteiger partial charge in [-0.3, -0.25) is 9.59 Å². The molecule has 2 rings (SSSR count). The highest BCUT2D eigenvalue weighted by atomic mass is 32.2. The first kappa shape index (κ1) is 15.9. The fraction of sp³-hybridized carbons (Fsp3) is 0.500. The van der Waals surface area contributed by atoms with E-state index in [0.717, 1.165) is 18.6 Å². The van der Waals surface area contributed by atoms with Gasteiger partial charge in [0.1, 0.15) is 0 Å². The standard InChI is InChI=1S/C16H22N2O2S/c1-2-21-14-5-3-4-13(10-14)18-16(20)12-8-6-11(7-9-12)15(17)19/h6-9,13-14H,2-5,10H2,1H3,(H2,17,19)(H,18,20)/t13-,14+/m1/s1. The molecule has 0 unspecified atom stereocenters. The van der Waals surface area contributed by atoms with Crippen LogP contribution in [0.2, 0.25) is 0 Å². The summed E-state index contributed by atoms with van der Waals surface area (Å²) in [5.74, 6) is 0.576. The molecule has 2 amide bonds. The first-order valence-electron chi connectivity index (χ1n) is 7.42. The fourth-order valence-electron chi connectivity index (χ4n) is 2.72. The summed E-state index contributed by atoms with van der Waals surface area (Å²) < 4.78 is 0. The number of primary amides is 1. The molecule has 4 nitrogen and oxygen atoms in total. The van der Waals surface area contributed by atoms with Crippen LogP contribution in [0.4, 0.5) is 0 Å². The molecule has 0 radical (unpaired) electrons. The highest BCUT2D eigenvalue weighted by molar-refractivity contribution is 7.99. The van der Waals surface area contributed by atoms with Gasteiger partial charge in [0.25, 0.3) is 5.91 Å². The van der Waals surface area contributed by atoms with E-state index in [4.69, 9.17) is 5.73 Å². The predicted molar refractivity (Wildman–Crippen MR) is 86.6 cm³/mol.